The van der Waals surface area contributed by atoms with Gasteiger partial charge in [-0.05, 0) is 24.3 Å². The number of aromatic nitrogens is 1. The number of carbonyl (C=O) groups is 2. The maximum atomic E-state index is 11.1. The quantitative estimate of drug-likeness (QED) is 0.449. The molecule has 6 nitrogen and oxygen atoms in total. The Labute approximate surface area is 112 Å². The standard InChI is InChI=1S/C14H8N2O4/c17-6-8-1-2-12-10(3-8)11-4-9(7-18)5-13(16(19)20)14(11)15-12/h1-7,15H. The lowest BCUT2D eigenvalue weighted by atomic mass is 10.1. The van der Waals surface area contributed by atoms with Crippen LogP contribution in [0.5, 0.6) is 0 Å². The molecule has 0 saturated heterocycles. The lowest BCUT2D eigenvalue weighted by Crippen LogP contribution is -1.91. The number of fused-ring (bicyclic) bond motifs is 3. The third-order valence-electron chi connectivity index (χ3n) is 3.20. The van der Waals surface area contributed by atoms with E-state index in [0.717, 1.165) is 0 Å². The number of hydrogen-bond donors (Lipinski definition) is 1. The van der Waals surface area contributed by atoms with Gasteiger partial charge in [-0.1, -0.05) is 0 Å². The van der Waals surface area contributed by atoms with Crippen LogP contribution >= 0.6 is 0 Å². The summed E-state index contributed by atoms with van der Waals surface area (Å²) in [6.45, 7) is 0. The van der Waals surface area contributed by atoms with E-state index in [0.29, 0.717) is 39.9 Å². The van der Waals surface area contributed by atoms with E-state index in [1.54, 1.807) is 24.3 Å². The number of nitro groups is 1. The molecule has 0 atom stereocenters. The minimum Gasteiger partial charge on any atom is -0.349 e. The third-order valence-corrected chi connectivity index (χ3v) is 3.20. The van der Waals surface area contributed by atoms with Crippen molar-refractivity contribution in [1.82, 2.24) is 4.98 Å². The fourth-order valence-electron chi connectivity index (χ4n) is 2.31. The van der Waals surface area contributed by atoms with Crippen molar-refractivity contribution in [1.29, 1.82) is 0 Å². The second kappa shape index (κ2) is 4.27. The first-order valence-electron chi connectivity index (χ1n) is 5.78. The average Bonchev–Trinajstić information content (AvgIpc) is 2.83. The maximum Gasteiger partial charge on any atom is 0.294 e. The van der Waals surface area contributed by atoms with E-state index in [-0.39, 0.29) is 11.3 Å². The van der Waals surface area contributed by atoms with E-state index >= 15 is 0 Å². The Kier molecular flexibility index (Phi) is 2.57. The number of rotatable bonds is 3. The van der Waals surface area contributed by atoms with Crippen molar-refractivity contribution in [2.45, 2.75) is 0 Å². The van der Waals surface area contributed by atoms with Gasteiger partial charge in [0.25, 0.3) is 5.69 Å². The van der Waals surface area contributed by atoms with Gasteiger partial charge in [-0.25, -0.2) is 0 Å². The maximum absolute atomic E-state index is 11.1. The number of nitrogens with one attached hydrogen (secondary N) is 1. The number of aromatic amines is 1. The Bertz CT molecular complexity index is 880. The summed E-state index contributed by atoms with van der Waals surface area (Å²) in [6, 6.07) is 7.74. The molecule has 0 amide bonds. The molecule has 0 unspecified atom stereocenters. The van der Waals surface area contributed by atoms with Crippen LogP contribution in [-0.4, -0.2) is 22.5 Å². The predicted octanol–water partition coefficient (Wildman–Crippen LogP) is 2.85. The number of carbonyl (C=O) groups excluding carboxylic acids is 2. The molecule has 0 spiro atoms. The first-order chi connectivity index (χ1) is 9.63. The number of H-pyrrole nitrogens is 1. The van der Waals surface area contributed by atoms with Gasteiger partial charge in [0.1, 0.15) is 18.1 Å². The normalized spacial score (nSPS) is 10.8. The van der Waals surface area contributed by atoms with E-state index in [1.807, 2.05) is 0 Å². The summed E-state index contributed by atoms with van der Waals surface area (Å²) in [5, 5.41) is 12.3. The van der Waals surface area contributed by atoms with Crippen LogP contribution in [0.1, 0.15) is 20.7 Å². The van der Waals surface area contributed by atoms with Crippen LogP contribution in [-0.2, 0) is 0 Å². The Balaban J connectivity index is 2.50. The van der Waals surface area contributed by atoms with Gasteiger partial charge in [0.15, 0.2) is 0 Å². The van der Waals surface area contributed by atoms with E-state index < -0.39 is 4.92 Å². The number of non-ortho nitro benzene ring substituents is 1. The number of nitrogens with zero attached hydrogens (tertiary/aromatic N) is 1. The largest absolute Gasteiger partial charge is 0.349 e. The van der Waals surface area contributed by atoms with Crippen LogP contribution in [0.25, 0.3) is 21.8 Å². The van der Waals surface area contributed by atoms with Crippen molar-refractivity contribution >= 4 is 40.1 Å². The highest BCUT2D eigenvalue weighted by Gasteiger charge is 2.17. The molecule has 20 heavy (non-hydrogen) atoms. The molecule has 3 rings (SSSR count). The monoisotopic (exact) mass is 268 g/mol. The minimum atomic E-state index is -0.536. The van der Waals surface area contributed by atoms with Crippen molar-refractivity contribution in [3.05, 3.63) is 51.6 Å². The summed E-state index contributed by atoms with van der Waals surface area (Å²) in [5.41, 5.74) is 1.56. The van der Waals surface area contributed by atoms with Gasteiger partial charge in [-0.3, -0.25) is 19.7 Å². The zero-order valence-electron chi connectivity index (χ0n) is 10.1. The summed E-state index contributed by atoms with van der Waals surface area (Å²) < 4.78 is 0. The number of hydrogen-bond acceptors (Lipinski definition) is 4. The Hall–Kier alpha value is -3.02. The van der Waals surface area contributed by atoms with Gasteiger partial charge in [0, 0.05) is 33.5 Å². The van der Waals surface area contributed by atoms with Gasteiger partial charge in [-0.2, -0.15) is 0 Å². The van der Waals surface area contributed by atoms with Crippen LogP contribution < -0.4 is 0 Å². The molecule has 0 fully saturated rings. The van der Waals surface area contributed by atoms with Gasteiger partial charge >= 0.3 is 0 Å². The molecule has 98 valence electrons. The fraction of sp³-hybridized carbons (Fsp3) is 0. The molecule has 0 bridgehead atoms. The zero-order chi connectivity index (χ0) is 14.3. The fourth-order valence-corrected chi connectivity index (χ4v) is 2.31. The van der Waals surface area contributed by atoms with E-state index in [2.05, 4.69) is 4.98 Å². The smallest absolute Gasteiger partial charge is 0.294 e. The Morgan fingerprint density at radius 3 is 2.35 bits per heavy atom. The second-order valence-electron chi connectivity index (χ2n) is 4.39. The topological polar surface area (TPSA) is 93.1 Å². The summed E-state index contributed by atoms with van der Waals surface area (Å²) in [4.78, 5) is 35.3. The van der Waals surface area contributed by atoms with Gasteiger partial charge in [-0.15, -0.1) is 0 Å². The highest BCUT2D eigenvalue weighted by Crippen LogP contribution is 2.32. The molecular weight excluding hydrogens is 260 g/mol. The summed E-state index contributed by atoms with van der Waals surface area (Å²) in [7, 11) is 0. The summed E-state index contributed by atoms with van der Waals surface area (Å²) >= 11 is 0. The molecule has 0 aliphatic heterocycles. The van der Waals surface area contributed by atoms with Gasteiger partial charge < -0.3 is 4.98 Å². The van der Waals surface area contributed by atoms with Crippen molar-refractivity contribution < 1.29 is 14.5 Å². The molecule has 1 aromatic heterocycles. The van der Waals surface area contributed by atoms with Gasteiger partial charge in [0.05, 0.1) is 4.92 Å². The number of aldehydes is 2. The molecule has 0 aliphatic rings. The lowest BCUT2D eigenvalue weighted by Gasteiger charge is -1.96. The third kappa shape index (κ3) is 1.66. The highest BCUT2D eigenvalue weighted by atomic mass is 16.6. The van der Waals surface area contributed by atoms with E-state index in [4.69, 9.17) is 0 Å². The average molecular weight is 268 g/mol. The van der Waals surface area contributed by atoms with Crippen molar-refractivity contribution in [2.24, 2.45) is 0 Å². The van der Waals surface area contributed by atoms with Crippen LogP contribution in [0.4, 0.5) is 5.69 Å². The molecule has 0 aliphatic carbocycles. The Morgan fingerprint density at radius 1 is 1.00 bits per heavy atom. The molecule has 2 aromatic carbocycles. The van der Waals surface area contributed by atoms with E-state index in [9.17, 15) is 19.7 Å². The first kappa shape index (κ1) is 12.0. The summed E-state index contributed by atoms with van der Waals surface area (Å²) in [5.74, 6) is 0. The van der Waals surface area contributed by atoms with Crippen molar-refractivity contribution in [3.63, 3.8) is 0 Å². The molecule has 0 saturated carbocycles. The number of nitro benzene ring substituents is 1. The van der Waals surface area contributed by atoms with Crippen molar-refractivity contribution in [2.75, 3.05) is 0 Å². The van der Waals surface area contributed by atoms with Crippen LogP contribution in [0.3, 0.4) is 0 Å². The molecular formula is C14H8N2O4. The first-order valence-corrected chi connectivity index (χ1v) is 5.78. The van der Waals surface area contributed by atoms with Crippen LogP contribution in [0.2, 0.25) is 0 Å². The Morgan fingerprint density at radius 2 is 1.70 bits per heavy atom. The predicted molar refractivity (Wildman–Crippen MR) is 73.2 cm³/mol. The molecule has 0 radical (unpaired) electrons. The highest BCUT2D eigenvalue weighted by molar-refractivity contribution is 6.12. The molecule has 6 heteroatoms. The minimum absolute atomic E-state index is 0.159. The molecule has 3 aromatic rings. The van der Waals surface area contributed by atoms with E-state index in [1.165, 1.54) is 6.07 Å². The SMILES string of the molecule is O=Cc1ccc2[nH]c3c([N+](=O)[O-])cc(C=O)cc3c2c1. The van der Waals surface area contributed by atoms with Crippen LogP contribution in [0.15, 0.2) is 30.3 Å². The zero-order valence-corrected chi connectivity index (χ0v) is 10.1. The molecule has 1 heterocycles. The van der Waals surface area contributed by atoms with Gasteiger partial charge in [0.2, 0.25) is 0 Å². The summed E-state index contributed by atoms with van der Waals surface area (Å²) in [6.07, 6.45) is 1.27. The molecule has 1 N–H and O–H groups in total. The van der Waals surface area contributed by atoms with Crippen molar-refractivity contribution in [3.8, 4) is 0 Å². The second-order valence-corrected chi connectivity index (χ2v) is 4.39. The van der Waals surface area contributed by atoms with Crippen LogP contribution in [0, 0.1) is 10.1 Å². The number of benzene rings is 2. The lowest BCUT2D eigenvalue weighted by molar-refractivity contribution is -0.383.